The maximum Gasteiger partial charge on any atom is 0.0991 e. The summed E-state index contributed by atoms with van der Waals surface area (Å²) in [5, 5.41) is 22.6. The third-order valence-corrected chi connectivity index (χ3v) is 8.20. The Morgan fingerprint density at radius 2 is 1.39 bits per heavy atom. The summed E-state index contributed by atoms with van der Waals surface area (Å²) in [7, 11) is 0. The number of nitriles is 2. The van der Waals surface area contributed by atoms with Crippen LogP contribution in [-0.4, -0.2) is 9.13 Å². The summed E-state index contributed by atoms with van der Waals surface area (Å²) >= 11 is 0. The van der Waals surface area contributed by atoms with E-state index in [0.717, 1.165) is 44.4 Å². The summed E-state index contributed by atoms with van der Waals surface area (Å²) in [4.78, 5) is 0. The van der Waals surface area contributed by atoms with Crippen LogP contribution in [0.3, 0.4) is 0 Å². The SMILES string of the molecule is CC(C)(C)c1ccc2c(c1)c1c(n2-c2cccc(-n3c4ccccc4c4cc(C#N)ccc43)c2)C=CC(C#N)=CC1. The third kappa shape index (κ3) is 3.88. The molecular formula is C37H28N4. The maximum atomic E-state index is 9.63. The monoisotopic (exact) mass is 528 g/mol. The molecule has 0 bridgehead atoms. The Balaban J connectivity index is 1.50. The molecule has 0 unspecified atom stereocenters. The van der Waals surface area contributed by atoms with Crippen LogP contribution in [0.5, 0.6) is 0 Å². The number of rotatable bonds is 2. The molecule has 196 valence electrons. The van der Waals surface area contributed by atoms with Gasteiger partial charge in [0.05, 0.1) is 39.9 Å². The van der Waals surface area contributed by atoms with Crippen LogP contribution in [0, 0.1) is 22.7 Å². The lowest BCUT2D eigenvalue weighted by atomic mass is 9.86. The Morgan fingerprint density at radius 1 is 0.659 bits per heavy atom. The molecule has 0 aliphatic heterocycles. The summed E-state index contributed by atoms with van der Waals surface area (Å²) in [6, 6.07) is 34.3. The number of allylic oxidation sites excluding steroid dienone is 3. The lowest BCUT2D eigenvalue weighted by Crippen LogP contribution is -2.10. The molecule has 4 heteroatoms. The minimum atomic E-state index is 0.0270. The summed E-state index contributed by atoms with van der Waals surface area (Å²) in [6.45, 7) is 6.73. The molecule has 0 atom stereocenters. The van der Waals surface area contributed by atoms with Gasteiger partial charge in [0.25, 0.3) is 0 Å². The zero-order valence-corrected chi connectivity index (χ0v) is 23.3. The van der Waals surface area contributed by atoms with E-state index in [9.17, 15) is 10.5 Å². The van der Waals surface area contributed by atoms with Gasteiger partial charge in [-0.25, -0.2) is 0 Å². The van der Waals surface area contributed by atoms with E-state index in [1.807, 2.05) is 36.4 Å². The third-order valence-electron chi connectivity index (χ3n) is 8.20. The molecule has 1 aliphatic rings. The van der Waals surface area contributed by atoms with Crippen molar-refractivity contribution in [2.24, 2.45) is 0 Å². The van der Waals surface area contributed by atoms with Gasteiger partial charge in [0.2, 0.25) is 0 Å². The number of hydrogen-bond donors (Lipinski definition) is 0. The van der Waals surface area contributed by atoms with E-state index in [-0.39, 0.29) is 5.41 Å². The number of aromatic nitrogens is 2. The molecule has 2 aromatic heterocycles. The highest BCUT2D eigenvalue weighted by Gasteiger charge is 2.22. The van der Waals surface area contributed by atoms with E-state index in [4.69, 9.17) is 0 Å². The molecule has 6 aromatic rings. The van der Waals surface area contributed by atoms with E-state index in [2.05, 4.69) is 109 Å². The molecule has 2 heterocycles. The average molecular weight is 529 g/mol. The minimum Gasteiger partial charge on any atom is -0.309 e. The number of nitrogens with zero attached hydrogens (tertiary/aromatic N) is 4. The molecule has 0 saturated carbocycles. The van der Waals surface area contributed by atoms with Crippen molar-refractivity contribution in [2.45, 2.75) is 32.6 Å². The van der Waals surface area contributed by atoms with Gasteiger partial charge >= 0.3 is 0 Å². The van der Waals surface area contributed by atoms with E-state index in [1.165, 1.54) is 16.5 Å². The summed E-state index contributed by atoms with van der Waals surface area (Å²) in [6.07, 6.45) is 6.75. The normalized spacial score (nSPS) is 13.1. The lowest BCUT2D eigenvalue weighted by molar-refractivity contribution is 0.591. The fourth-order valence-corrected chi connectivity index (χ4v) is 6.13. The Hall–Kier alpha value is -5.32. The highest BCUT2D eigenvalue weighted by molar-refractivity contribution is 6.09. The van der Waals surface area contributed by atoms with Crippen LogP contribution in [0.4, 0.5) is 0 Å². The van der Waals surface area contributed by atoms with Gasteiger partial charge in [-0.2, -0.15) is 10.5 Å². The summed E-state index contributed by atoms with van der Waals surface area (Å²) in [5.74, 6) is 0. The van der Waals surface area contributed by atoms with Gasteiger partial charge in [-0.1, -0.05) is 57.2 Å². The second kappa shape index (κ2) is 9.12. The topological polar surface area (TPSA) is 57.4 Å². The van der Waals surface area contributed by atoms with Crippen molar-refractivity contribution in [3.05, 3.63) is 125 Å². The molecule has 41 heavy (non-hydrogen) atoms. The van der Waals surface area contributed by atoms with Crippen molar-refractivity contribution in [3.63, 3.8) is 0 Å². The predicted octanol–water partition coefficient (Wildman–Crippen LogP) is 8.92. The van der Waals surface area contributed by atoms with Gasteiger partial charge in [0, 0.05) is 33.1 Å². The summed E-state index contributed by atoms with van der Waals surface area (Å²) in [5.41, 5.74) is 10.4. The van der Waals surface area contributed by atoms with Crippen LogP contribution < -0.4 is 0 Å². The van der Waals surface area contributed by atoms with Crippen LogP contribution in [0.25, 0.3) is 50.2 Å². The standard InChI is InChI=1S/C37H28N4/c1-37(2,3)26-14-18-36-32(20-26)30-15-11-24(22-38)12-16-34(30)41(36)28-8-6-7-27(21-28)40-33-10-5-4-9-29(33)31-19-25(23-39)13-17-35(31)40/h4-14,16-21H,15H2,1-3H3. The van der Waals surface area contributed by atoms with E-state index in [0.29, 0.717) is 17.6 Å². The molecule has 0 saturated heterocycles. The quantitative estimate of drug-likeness (QED) is 0.225. The average Bonchev–Trinajstić information content (AvgIpc) is 3.39. The Labute approximate surface area is 239 Å². The van der Waals surface area contributed by atoms with Crippen molar-refractivity contribution < 1.29 is 0 Å². The first kappa shape index (κ1) is 24.7. The first-order valence-electron chi connectivity index (χ1n) is 13.9. The van der Waals surface area contributed by atoms with Crippen LogP contribution in [0.2, 0.25) is 0 Å². The van der Waals surface area contributed by atoms with Gasteiger partial charge < -0.3 is 9.13 Å². The first-order chi connectivity index (χ1) is 19.9. The van der Waals surface area contributed by atoms with Gasteiger partial charge in [-0.05, 0) is 89.7 Å². The molecular weight excluding hydrogens is 500 g/mol. The lowest BCUT2D eigenvalue weighted by Gasteiger charge is -2.19. The predicted molar refractivity (Wildman–Crippen MR) is 167 cm³/mol. The van der Waals surface area contributed by atoms with E-state index < -0.39 is 0 Å². The molecule has 0 fully saturated rings. The van der Waals surface area contributed by atoms with Crippen LogP contribution in [-0.2, 0) is 11.8 Å². The van der Waals surface area contributed by atoms with Crippen LogP contribution >= 0.6 is 0 Å². The van der Waals surface area contributed by atoms with Crippen molar-refractivity contribution in [2.75, 3.05) is 0 Å². The van der Waals surface area contributed by atoms with Crippen molar-refractivity contribution in [1.29, 1.82) is 10.5 Å². The maximum absolute atomic E-state index is 9.63. The van der Waals surface area contributed by atoms with Gasteiger partial charge in [0.15, 0.2) is 0 Å². The number of para-hydroxylation sites is 1. The molecule has 7 rings (SSSR count). The molecule has 1 aliphatic carbocycles. The smallest absolute Gasteiger partial charge is 0.0991 e. The molecule has 4 nitrogen and oxygen atoms in total. The largest absolute Gasteiger partial charge is 0.309 e. The zero-order valence-electron chi connectivity index (χ0n) is 23.3. The van der Waals surface area contributed by atoms with Crippen molar-refractivity contribution in [3.8, 4) is 23.5 Å². The second-order valence-corrected chi connectivity index (χ2v) is 11.7. The fourth-order valence-electron chi connectivity index (χ4n) is 6.13. The fraction of sp³-hybridized carbons (Fsp3) is 0.135. The molecule has 4 aromatic carbocycles. The minimum absolute atomic E-state index is 0.0270. The van der Waals surface area contributed by atoms with Gasteiger partial charge in [-0.3, -0.25) is 0 Å². The van der Waals surface area contributed by atoms with Crippen molar-refractivity contribution in [1.82, 2.24) is 9.13 Å². The van der Waals surface area contributed by atoms with E-state index >= 15 is 0 Å². The highest BCUT2D eigenvalue weighted by Crippen LogP contribution is 2.38. The van der Waals surface area contributed by atoms with Crippen molar-refractivity contribution >= 4 is 38.8 Å². The molecule has 0 N–H and O–H groups in total. The second-order valence-electron chi connectivity index (χ2n) is 11.7. The first-order valence-corrected chi connectivity index (χ1v) is 13.9. The Bertz CT molecular complexity index is 2180. The van der Waals surface area contributed by atoms with Crippen LogP contribution in [0.15, 0.2) is 103 Å². The zero-order chi connectivity index (χ0) is 28.3. The summed E-state index contributed by atoms with van der Waals surface area (Å²) < 4.78 is 4.61. The highest BCUT2D eigenvalue weighted by atomic mass is 15.0. The molecule has 0 spiro atoms. The van der Waals surface area contributed by atoms with Crippen LogP contribution in [0.1, 0.15) is 43.2 Å². The number of fused-ring (bicyclic) bond motifs is 6. The Morgan fingerprint density at radius 3 is 2.17 bits per heavy atom. The van der Waals surface area contributed by atoms with Gasteiger partial charge in [-0.15, -0.1) is 0 Å². The number of hydrogen-bond acceptors (Lipinski definition) is 2. The number of benzene rings is 4. The van der Waals surface area contributed by atoms with E-state index in [1.54, 1.807) is 0 Å². The Kier molecular flexibility index (Phi) is 5.49. The molecule has 0 radical (unpaired) electrons. The van der Waals surface area contributed by atoms with Gasteiger partial charge in [0.1, 0.15) is 0 Å². The molecule has 0 amide bonds.